The Bertz CT molecular complexity index is 860. The summed E-state index contributed by atoms with van der Waals surface area (Å²) in [6.07, 6.45) is 4.03. The molecule has 0 bridgehead atoms. The van der Waals surface area contributed by atoms with Gasteiger partial charge < -0.3 is 15.1 Å². The molecule has 2 saturated heterocycles. The van der Waals surface area contributed by atoms with Gasteiger partial charge in [0.25, 0.3) is 11.8 Å². The lowest BCUT2D eigenvalue weighted by Gasteiger charge is -2.34. The molecule has 3 heterocycles. The Morgan fingerprint density at radius 2 is 1.79 bits per heavy atom. The number of nitrogens with one attached hydrogen (secondary N) is 1. The summed E-state index contributed by atoms with van der Waals surface area (Å²) in [5, 5.41) is 7.83. The number of amides is 2. The molecule has 156 valence electrons. The summed E-state index contributed by atoms with van der Waals surface area (Å²) in [4.78, 5) is 28.7. The van der Waals surface area contributed by atoms with Gasteiger partial charge in [0.1, 0.15) is 11.5 Å². The van der Waals surface area contributed by atoms with Crippen molar-refractivity contribution in [3.05, 3.63) is 53.6 Å². The fourth-order valence-electron chi connectivity index (χ4n) is 3.79. The molecule has 2 aliphatic rings. The van der Waals surface area contributed by atoms with Crippen LogP contribution in [0.3, 0.4) is 0 Å². The lowest BCUT2D eigenvalue weighted by atomic mass is 10.1. The maximum Gasteiger partial charge on any atom is 0.274 e. The van der Waals surface area contributed by atoms with E-state index in [2.05, 4.69) is 10.4 Å². The number of carbonyl (C=O) groups excluding carboxylic acids is 2. The monoisotopic (exact) mass is 421 g/mol. The number of halogens is 2. The second-order valence-corrected chi connectivity index (χ2v) is 7.28. The average molecular weight is 422 g/mol. The van der Waals surface area contributed by atoms with E-state index >= 15 is 0 Å². The third kappa shape index (κ3) is 4.76. The van der Waals surface area contributed by atoms with Crippen molar-refractivity contribution in [2.45, 2.75) is 18.9 Å². The Labute approximate surface area is 175 Å². The van der Waals surface area contributed by atoms with Crippen molar-refractivity contribution in [2.75, 3.05) is 39.3 Å². The number of piperidine rings is 1. The maximum absolute atomic E-state index is 13.4. The largest absolute Gasteiger partial charge is 0.335 e. The first kappa shape index (κ1) is 21.3. The molecule has 2 aliphatic heterocycles. The molecule has 1 N–H and O–H groups in total. The van der Waals surface area contributed by atoms with Gasteiger partial charge in [-0.1, -0.05) is 6.07 Å². The molecule has 1 aromatic carbocycles. The summed E-state index contributed by atoms with van der Waals surface area (Å²) in [7, 11) is 0. The van der Waals surface area contributed by atoms with Gasteiger partial charge in [0.15, 0.2) is 0 Å². The van der Waals surface area contributed by atoms with E-state index in [1.807, 2.05) is 10.9 Å². The van der Waals surface area contributed by atoms with Crippen LogP contribution in [0, 0.1) is 5.82 Å². The molecule has 29 heavy (non-hydrogen) atoms. The number of benzene rings is 1. The number of rotatable bonds is 3. The molecule has 7 nitrogen and oxygen atoms in total. The van der Waals surface area contributed by atoms with E-state index in [-0.39, 0.29) is 30.3 Å². The van der Waals surface area contributed by atoms with Gasteiger partial charge in [0, 0.05) is 44.5 Å². The van der Waals surface area contributed by atoms with Crippen LogP contribution in [-0.2, 0) is 0 Å². The molecule has 2 amide bonds. The predicted molar refractivity (Wildman–Crippen MR) is 109 cm³/mol. The van der Waals surface area contributed by atoms with Crippen molar-refractivity contribution >= 4 is 24.2 Å². The highest BCUT2D eigenvalue weighted by Crippen LogP contribution is 2.17. The van der Waals surface area contributed by atoms with E-state index in [0.717, 1.165) is 25.9 Å². The molecule has 2 fully saturated rings. The van der Waals surface area contributed by atoms with Gasteiger partial charge >= 0.3 is 0 Å². The highest BCUT2D eigenvalue weighted by Gasteiger charge is 2.27. The van der Waals surface area contributed by atoms with Gasteiger partial charge in [-0.25, -0.2) is 4.39 Å². The van der Waals surface area contributed by atoms with Gasteiger partial charge in [-0.2, -0.15) is 5.10 Å². The van der Waals surface area contributed by atoms with Crippen LogP contribution in [0.5, 0.6) is 0 Å². The van der Waals surface area contributed by atoms with Crippen molar-refractivity contribution < 1.29 is 14.0 Å². The highest BCUT2D eigenvalue weighted by atomic mass is 35.5. The van der Waals surface area contributed by atoms with Crippen LogP contribution in [0.1, 0.15) is 39.7 Å². The zero-order valence-electron chi connectivity index (χ0n) is 16.1. The Balaban J connectivity index is 0.00000240. The Kier molecular flexibility index (Phi) is 6.87. The molecule has 4 rings (SSSR count). The highest BCUT2D eigenvalue weighted by molar-refractivity contribution is 5.95. The van der Waals surface area contributed by atoms with Crippen LogP contribution in [0.2, 0.25) is 0 Å². The number of carbonyl (C=O) groups is 2. The van der Waals surface area contributed by atoms with Crippen molar-refractivity contribution in [1.29, 1.82) is 0 Å². The minimum atomic E-state index is -0.427. The van der Waals surface area contributed by atoms with Gasteiger partial charge in [-0.15, -0.1) is 12.4 Å². The number of hydrogen-bond acceptors (Lipinski definition) is 4. The van der Waals surface area contributed by atoms with Crippen LogP contribution in [0.15, 0.2) is 36.5 Å². The summed E-state index contributed by atoms with van der Waals surface area (Å²) in [6, 6.07) is 7.75. The minimum Gasteiger partial charge on any atom is -0.335 e. The smallest absolute Gasteiger partial charge is 0.274 e. The fourth-order valence-corrected chi connectivity index (χ4v) is 3.79. The molecule has 0 saturated carbocycles. The van der Waals surface area contributed by atoms with Crippen molar-refractivity contribution in [3.8, 4) is 0 Å². The SMILES string of the molecule is Cl.O=C(c1cccc(F)c1)N1CCN(C(=O)c2ccn(C3CCCNC3)n2)CC1. The zero-order chi connectivity index (χ0) is 19.5. The predicted octanol–water partition coefficient (Wildman–Crippen LogP) is 1.97. The fraction of sp³-hybridized carbons (Fsp3) is 0.450. The molecule has 1 unspecified atom stereocenters. The first-order chi connectivity index (χ1) is 13.6. The normalized spacial score (nSPS) is 19.6. The van der Waals surface area contributed by atoms with Gasteiger partial charge in [0.2, 0.25) is 0 Å². The third-order valence-corrected chi connectivity index (χ3v) is 5.40. The molecule has 0 radical (unpaired) electrons. The van der Waals surface area contributed by atoms with E-state index in [1.54, 1.807) is 21.9 Å². The van der Waals surface area contributed by atoms with E-state index in [0.29, 0.717) is 37.4 Å². The van der Waals surface area contributed by atoms with E-state index in [4.69, 9.17) is 0 Å². The summed E-state index contributed by atoms with van der Waals surface area (Å²) >= 11 is 0. The molecular formula is C20H25ClFN5O2. The van der Waals surface area contributed by atoms with Crippen molar-refractivity contribution in [3.63, 3.8) is 0 Å². The number of aromatic nitrogens is 2. The Hall–Kier alpha value is -2.45. The summed E-state index contributed by atoms with van der Waals surface area (Å²) in [6.45, 7) is 3.64. The van der Waals surface area contributed by atoms with Crippen LogP contribution in [0.4, 0.5) is 4.39 Å². The second kappa shape index (κ2) is 9.37. The molecule has 1 aromatic heterocycles. The molecule has 2 aromatic rings. The van der Waals surface area contributed by atoms with Crippen LogP contribution in [0.25, 0.3) is 0 Å². The zero-order valence-corrected chi connectivity index (χ0v) is 16.9. The second-order valence-electron chi connectivity index (χ2n) is 7.28. The standard InChI is InChI=1S/C20H24FN5O2.ClH/c21-16-4-1-3-15(13-16)19(27)24-9-11-25(12-10-24)20(28)18-6-8-26(23-18)17-5-2-7-22-14-17;/h1,3-4,6,8,13,17,22H,2,5,7,9-12,14H2;1H. The van der Waals surface area contributed by atoms with Gasteiger partial charge in [-0.05, 0) is 43.7 Å². The van der Waals surface area contributed by atoms with Crippen molar-refractivity contribution in [1.82, 2.24) is 24.9 Å². The van der Waals surface area contributed by atoms with Crippen LogP contribution < -0.4 is 5.32 Å². The molecule has 9 heteroatoms. The first-order valence-electron chi connectivity index (χ1n) is 9.72. The maximum atomic E-state index is 13.4. The van der Waals surface area contributed by atoms with E-state index < -0.39 is 5.82 Å². The minimum absolute atomic E-state index is 0. The third-order valence-electron chi connectivity index (χ3n) is 5.40. The van der Waals surface area contributed by atoms with Crippen molar-refractivity contribution in [2.24, 2.45) is 0 Å². The molecule has 1 atom stereocenters. The topological polar surface area (TPSA) is 70.5 Å². The van der Waals surface area contributed by atoms with E-state index in [1.165, 1.54) is 18.2 Å². The summed E-state index contributed by atoms with van der Waals surface area (Å²) in [5.74, 6) is -0.746. The van der Waals surface area contributed by atoms with Crippen LogP contribution in [-0.4, -0.2) is 70.7 Å². The van der Waals surface area contributed by atoms with Gasteiger partial charge in [-0.3, -0.25) is 14.3 Å². The Morgan fingerprint density at radius 3 is 2.45 bits per heavy atom. The number of hydrogen-bond donors (Lipinski definition) is 1. The first-order valence-corrected chi connectivity index (χ1v) is 9.72. The lowest BCUT2D eigenvalue weighted by molar-refractivity contribution is 0.0531. The average Bonchev–Trinajstić information content (AvgIpc) is 3.24. The summed E-state index contributed by atoms with van der Waals surface area (Å²) in [5.41, 5.74) is 0.773. The van der Waals surface area contributed by atoms with Crippen LogP contribution >= 0.6 is 12.4 Å². The number of piperazine rings is 1. The van der Waals surface area contributed by atoms with Gasteiger partial charge in [0.05, 0.1) is 6.04 Å². The number of nitrogens with zero attached hydrogens (tertiary/aromatic N) is 4. The molecular weight excluding hydrogens is 397 g/mol. The Morgan fingerprint density at radius 1 is 1.07 bits per heavy atom. The van der Waals surface area contributed by atoms with E-state index in [9.17, 15) is 14.0 Å². The molecule has 0 aliphatic carbocycles. The lowest BCUT2D eigenvalue weighted by Crippen LogP contribution is -2.50. The summed E-state index contributed by atoms with van der Waals surface area (Å²) < 4.78 is 15.2. The quantitative estimate of drug-likeness (QED) is 0.822. The molecule has 0 spiro atoms.